The van der Waals surface area contributed by atoms with Gasteiger partial charge in [0, 0.05) is 59.1 Å². The highest BCUT2D eigenvalue weighted by Gasteiger charge is 2.37. The summed E-state index contributed by atoms with van der Waals surface area (Å²) in [5.74, 6) is -4.70. The van der Waals surface area contributed by atoms with E-state index in [-0.39, 0.29) is 67.9 Å². The van der Waals surface area contributed by atoms with Crippen molar-refractivity contribution in [2.75, 3.05) is 50.7 Å². The van der Waals surface area contributed by atoms with Gasteiger partial charge in [0.25, 0.3) is 23.6 Å². The largest absolute Gasteiger partial charge is 0.494 e. The number of hydrogen-bond acceptors (Lipinski definition) is 15. The molecule has 0 aromatic heterocycles. The molecule has 2 unspecified atom stereocenters. The summed E-state index contributed by atoms with van der Waals surface area (Å²) in [6.45, 7) is 1.28. The Morgan fingerprint density at radius 3 is 1.45 bits per heavy atom. The van der Waals surface area contributed by atoms with Gasteiger partial charge in [-0.3, -0.25) is 48.2 Å². The average Bonchev–Trinajstić information content (AvgIpc) is 1.63. The molecule has 1 aliphatic carbocycles. The number of anilines is 2. The molecule has 0 spiro atoms. The van der Waals surface area contributed by atoms with E-state index < -0.39 is 91.4 Å². The van der Waals surface area contributed by atoms with Gasteiger partial charge in [-0.25, -0.2) is 20.2 Å². The summed E-state index contributed by atoms with van der Waals surface area (Å²) in [6.07, 6.45) is 1.81. The van der Waals surface area contributed by atoms with Crippen molar-refractivity contribution >= 4 is 135 Å². The number of carboxylic acids is 1. The predicted molar refractivity (Wildman–Crippen MR) is 374 cm³/mol. The predicted octanol–water partition coefficient (Wildman–Crippen LogP) is 8.41. The van der Waals surface area contributed by atoms with E-state index in [9.17, 15) is 47.9 Å². The lowest BCUT2D eigenvalue weighted by atomic mass is 9.81. The zero-order valence-corrected chi connectivity index (χ0v) is 55.8. The number of hydrazone groups is 1. The van der Waals surface area contributed by atoms with Crippen molar-refractivity contribution < 1.29 is 62.5 Å². The van der Waals surface area contributed by atoms with Crippen molar-refractivity contribution in [1.29, 1.82) is 0 Å². The number of carbonyl (C=O) groups is 10. The van der Waals surface area contributed by atoms with Crippen molar-refractivity contribution in [3.05, 3.63) is 187 Å². The van der Waals surface area contributed by atoms with Crippen molar-refractivity contribution in [2.24, 2.45) is 26.9 Å². The van der Waals surface area contributed by atoms with Crippen molar-refractivity contribution in [2.45, 2.75) is 77.3 Å². The Bertz CT molecular complexity index is 4000. The first kappa shape index (κ1) is 75.2. The minimum atomic E-state index is -1.51. The van der Waals surface area contributed by atoms with Crippen molar-refractivity contribution in [1.82, 2.24) is 37.3 Å². The van der Waals surface area contributed by atoms with Crippen molar-refractivity contribution in [3.8, 4) is 11.5 Å². The Morgan fingerprint density at radius 2 is 1.05 bits per heavy atom. The highest BCUT2D eigenvalue weighted by Crippen LogP contribution is 2.37. The number of amides is 9. The number of benzene rings is 6. The second kappa shape index (κ2) is 35.7. The number of carboxylic acid groups (broad SMARTS) is 1. The van der Waals surface area contributed by atoms with E-state index in [0.29, 0.717) is 64.3 Å². The van der Waals surface area contributed by atoms with Gasteiger partial charge >= 0.3 is 12.0 Å². The second-order valence-electron chi connectivity index (χ2n) is 22.2. The third-order valence-electron chi connectivity index (χ3n) is 15.7. The fourth-order valence-corrected chi connectivity index (χ4v) is 12.1. The van der Waals surface area contributed by atoms with Crippen LogP contribution in [0.2, 0.25) is 20.1 Å². The number of urea groups is 1. The molecule has 25 nitrogen and oxygen atoms in total. The molecule has 3 aliphatic rings. The minimum Gasteiger partial charge on any atom is -0.494 e. The van der Waals surface area contributed by atoms with E-state index in [2.05, 4.69) is 47.4 Å². The zero-order chi connectivity index (χ0) is 69.9. The number of carbonyl (C=O) groups excluding carboxylic acids is 9. The summed E-state index contributed by atoms with van der Waals surface area (Å²) in [5, 5.41) is 29.4. The van der Waals surface area contributed by atoms with Gasteiger partial charge in [0.2, 0.25) is 30.1 Å². The van der Waals surface area contributed by atoms with Crippen LogP contribution in [-0.4, -0.2) is 148 Å². The number of nitrogens with zero attached hydrogens (tertiary/aromatic N) is 5. The van der Waals surface area contributed by atoms with Crippen LogP contribution in [0.3, 0.4) is 0 Å². The lowest BCUT2D eigenvalue weighted by Gasteiger charge is -2.27. The summed E-state index contributed by atoms with van der Waals surface area (Å²) in [6, 6.07) is 34.9. The molecule has 8 N–H and O–H groups in total. The van der Waals surface area contributed by atoms with Gasteiger partial charge in [0.15, 0.2) is 11.5 Å². The maximum atomic E-state index is 14.3. The number of hydrogen-bond donors (Lipinski definition) is 8. The SMILES string of the molecule is C.CC[C@@H](/C=N/NC(=O)NCC1CCC(C(=O)NC)CC1)NC(=O)CN1C(=O)C(NC(=O)c2cc(Cl)c(OC)c(Cl)c2)N=C(c2ccccc2)c2ccccc21.COc1c(Cl)cc(C(=O)NC2N=C(c3ccccc3)c3ccccc3N(CC(=O)N[C@H](C=O)CC(=O)O)C2=O)cc1Cl. The number of rotatable bonds is 23. The fourth-order valence-electron chi connectivity index (χ4n) is 10.9. The number of methoxy groups -OCH3 is 2. The summed E-state index contributed by atoms with van der Waals surface area (Å²) >= 11 is 25.0. The Morgan fingerprint density at radius 1 is 0.633 bits per heavy atom. The number of nitrogens with one attached hydrogen (secondary N) is 7. The monoisotopic (exact) mass is 1420 g/mol. The van der Waals surface area contributed by atoms with E-state index in [1.807, 2.05) is 43.3 Å². The number of halogens is 4. The van der Waals surface area contributed by atoms with Gasteiger partial charge in [-0.15, -0.1) is 0 Å². The van der Waals surface area contributed by atoms with Gasteiger partial charge in [-0.1, -0.05) is 158 Å². The normalized spacial score (nSPS) is 16.9. The highest BCUT2D eigenvalue weighted by molar-refractivity contribution is 6.38. The summed E-state index contributed by atoms with van der Waals surface area (Å²) in [4.78, 5) is 140. The lowest BCUT2D eigenvalue weighted by molar-refractivity contribution is -0.139. The third-order valence-corrected chi connectivity index (χ3v) is 16.8. The topological polar surface area (TPSA) is 337 Å². The fraction of sp³-hybridized carbons (Fsp3) is 0.290. The summed E-state index contributed by atoms with van der Waals surface area (Å²) in [5.41, 5.74) is 6.48. The molecular weight excluding hydrogens is 1350 g/mol. The standard InChI is InChI=1S/C39H44Cl2N8O6.C29H24Cl2N4O7.CH4/c1-4-27(21-44-48-39(54)43-20-23-14-16-25(17-15-23)36(51)42-2)45-32(50)22-49-31-13-9-8-12-28(31)33(24-10-6-5-7-11-24)46-35(38(49)53)47-37(52)26-18-29(40)34(55-3)30(41)19-26;1-42-26-20(30)11-17(12-21(26)31)28(40)34-27-29(41)35(14-23(37)32-18(15-36)13-24(38)39)22-10-6-5-9-19(22)25(33-27)16-7-3-2-4-8-16;/h5-13,18-19,21,23,25,27,35H,4,14-17,20,22H2,1-3H3,(H,42,51)(H,45,50)(H,47,52)(H2,43,48,54);2-12,15,18,27H,13-14H2,1H3,(H,32,37)(H,34,40)(H,38,39);1H4/b44-21+;;/t23?,25?,27-,35?;18-,27?;/m00./s1. The van der Waals surface area contributed by atoms with Crippen LogP contribution in [0.4, 0.5) is 16.2 Å². The van der Waals surface area contributed by atoms with Crippen LogP contribution >= 0.6 is 46.4 Å². The molecule has 29 heteroatoms. The second-order valence-corrected chi connectivity index (χ2v) is 23.8. The molecule has 0 radical (unpaired) electrons. The van der Waals surface area contributed by atoms with Gasteiger partial charge in [0.05, 0.1) is 75.6 Å². The van der Waals surface area contributed by atoms with Crippen LogP contribution in [0.1, 0.15) is 95.8 Å². The molecule has 4 atom stereocenters. The molecule has 1 saturated carbocycles. The number of benzodiazepines with no additional fused rings is 2. The molecule has 9 amide bonds. The highest BCUT2D eigenvalue weighted by atomic mass is 35.5. The quantitative estimate of drug-likeness (QED) is 0.0170. The van der Waals surface area contributed by atoms with Crippen molar-refractivity contribution in [3.63, 3.8) is 0 Å². The first-order valence-corrected chi connectivity index (χ1v) is 32.0. The number of aldehydes is 1. The van der Waals surface area contributed by atoms with E-state index >= 15 is 0 Å². The molecule has 98 heavy (non-hydrogen) atoms. The van der Waals surface area contributed by atoms with Crippen LogP contribution in [0.15, 0.2) is 149 Å². The smallest absolute Gasteiger partial charge is 0.335 e. The maximum absolute atomic E-state index is 14.3. The van der Waals surface area contributed by atoms with Gasteiger partial charge in [-0.2, -0.15) is 5.10 Å². The van der Waals surface area contributed by atoms with E-state index in [0.717, 1.165) is 30.6 Å². The molecule has 6 aromatic rings. The number of ether oxygens (including phenoxy) is 2. The third kappa shape index (κ3) is 19.3. The van der Waals surface area contributed by atoms with Crippen LogP contribution in [-0.2, 0) is 33.6 Å². The van der Waals surface area contributed by atoms with Crippen LogP contribution < -0.4 is 56.6 Å². The molecule has 2 aliphatic heterocycles. The Labute approximate surface area is 585 Å². The molecule has 6 aromatic carbocycles. The molecule has 0 saturated heterocycles. The van der Waals surface area contributed by atoms with E-state index in [1.54, 1.807) is 79.8 Å². The van der Waals surface area contributed by atoms with Crippen LogP contribution in [0.5, 0.6) is 11.5 Å². The molecular formula is C69H72Cl4N12O13. The lowest BCUT2D eigenvalue weighted by Crippen LogP contribution is -2.51. The average molecular weight is 1420 g/mol. The first-order chi connectivity index (χ1) is 46.6. The summed E-state index contributed by atoms with van der Waals surface area (Å²) < 4.78 is 10.3. The molecule has 9 rings (SSSR count). The summed E-state index contributed by atoms with van der Waals surface area (Å²) in [7, 11) is 4.41. The number of fused-ring (bicyclic) bond motifs is 2. The molecule has 0 bridgehead atoms. The maximum Gasteiger partial charge on any atom is 0.335 e. The van der Waals surface area contributed by atoms with E-state index in [1.165, 1.54) is 49.6 Å². The molecule has 2 heterocycles. The number of aliphatic carboxylic acids is 1. The van der Waals surface area contributed by atoms with Crippen LogP contribution in [0.25, 0.3) is 0 Å². The van der Waals surface area contributed by atoms with Crippen LogP contribution in [0, 0.1) is 11.8 Å². The molecule has 1 fully saturated rings. The number of aliphatic imine (C=N–C) groups is 2. The van der Waals surface area contributed by atoms with Gasteiger partial charge in [0.1, 0.15) is 19.4 Å². The Hall–Kier alpha value is -10.2. The Kier molecular flexibility index (Phi) is 27.4. The number of para-hydroxylation sites is 2. The first-order valence-electron chi connectivity index (χ1n) is 30.5. The van der Waals surface area contributed by atoms with Gasteiger partial charge < -0.3 is 51.3 Å². The zero-order valence-electron chi connectivity index (χ0n) is 52.8. The minimum absolute atomic E-state index is 0. The molecule has 514 valence electrons. The van der Waals surface area contributed by atoms with Gasteiger partial charge in [-0.05, 0) is 74.4 Å². The Balaban J connectivity index is 0.000000283. The van der Waals surface area contributed by atoms with E-state index in [4.69, 9.17) is 66.0 Å².